The lowest BCUT2D eigenvalue weighted by atomic mass is 10.1. The van der Waals surface area contributed by atoms with Gasteiger partial charge in [-0.2, -0.15) is 5.10 Å². The average Bonchev–Trinajstić information content (AvgIpc) is 2.85. The zero-order chi connectivity index (χ0) is 14.4. The molecule has 5 nitrogen and oxygen atoms in total. The molecule has 1 heterocycles. The Hall–Kier alpha value is -1.36. The van der Waals surface area contributed by atoms with Crippen molar-refractivity contribution in [3.05, 3.63) is 18.0 Å². The Labute approximate surface area is 116 Å². The third-order valence-electron chi connectivity index (χ3n) is 3.60. The van der Waals surface area contributed by atoms with Crippen molar-refractivity contribution >= 4 is 5.84 Å². The van der Waals surface area contributed by atoms with E-state index in [0.717, 1.165) is 31.7 Å². The molecule has 1 rings (SSSR count). The van der Waals surface area contributed by atoms with E-state index in [9.17, 15) is 0 Å². The second kappa shape index (κ2) is 7.28. The van der Waals surface area contributed by atoms with Gasteiger partial charge in [-0.05, 0) is 26.0 Å². The molecule has 1 aromatic rings. The lowest BCUT2D eigenvalue weighted by molar-refractivity contribution is 0.258. The molecular weight excluding hydrogens is 238 g/mol. The molecule has 0 radical (unpaired) electrons. The zero-order valence-corrected chi connectivity index (χ0v) is 12.6. The number of nitrogens with one attached hydrogen (secondary N) is 1. The molecule has 2 atom stereocenters. The monoisotopic (exact) mass is 265 g/mol. The minimum Gasteiger partial charge on any atom is -0.387 e. The summed E-state index contributed by atoms with van der Waals surface area (Å²) >= 11 is 0. The average molecular weight is 265 g/mol. The smallest absolute Gasteiger partial charge is 0.0947 e. The van der Waals surface area contributed by atoms with E-state index < -0.39 is 0 Å². The first-order valence-corrected chi connectivity index (χ1v) is 7.08. The van der Waals surface area contributed by atoms with Crippen LogP contribution in [0.3, 0.4) is 0 Å². The lowest BCUT2D eigenvalue weighted by Gasteiger charge is -2.22. The Morgan fingerprint density at radius 2 is 2.16 bits per heavy atom. The third-order valence-corrected chi connectivity index (χ3v) is 3.60. The van der Waals surface area contributed by atoms with Gasteiger partial charge in [0, 0.05) is 31.2 Å². The van der Waals surface area contributed by atoms with Crippen molar-refractivity contribution in [2.45, 2.75) is 46.7 Å². The van der Waals surface area contributed by atoms with Crippen LogP contribution in [0.2, 0.25) is 0 Å². The van der Waals surface area contributed by atoms with Crippen molar-refractivity contribution in [3.63, 3.8) is 0 Å². The molecule has 3 N–H and O–H groups in total. The van der Waals surface area contributed by atoms with Crippen LogP contribution in [0, 0.1) is 11.3 Å². The number of amidine groups is 1. The summed E-state index contributed by atoms with van der Waals surface area (Å²) in [5.41, 5.74) is 6.61. The molecule has 0 aliphatic heterocycles. The summed E-state index contributed by atoms with van der Waals surface area (Å²) in [6.45, 7) is 11.0. The van der Waals surface area contributed by atoms with Gasteiger partial charge in [0.25, 0.3) is 0 Å². The molecule has 19 heavy (non-hydrogen) atoms. The maximum absolute atomic E-state index is 7.47. The lowest BCUT2D eigenvalue weighted by Crippen LogP contribution is -2.34. The van der Waals surface area contributed by atoms with E-state index in [-0.39, 0.29) is 11.8 Å². The standard InChI is InChI=1S/C14H27N5/c1-5-12(4)19-8-7-13(17-19)10-18(6-2)9-11(3)14(15)16/h7-8,11-12H,5-6,9-10H2,1-4H3,(H3,15,16). The minimum atomic E-state index is 0.0941. The van der Waals surface area contributed by atoms with Crippen molar-refractivity contribution in [1.82, 2.24) is 14.7 Å². The third kappa shape index (κ3) is 4.67. The normalized spacial score (nSPS) is 14.6. The summed E-state index contributed by atoms with van der Waals surface area (Å²) in [5, 5.41) is 12.1. The van der Waals surface area contributed by atoms with E-state index in [2.05, 4.69) is 36.8 Å². The second-order valence-corrected chi connectivity index (χ2v) is 5.23. The van der Waals surface area contributed by atoms with Gasteiger partial charge in [0.2, 0.25) is 0 Å². The quantitative estimate of drug-likeness (QED) is 0.559. The van der Waals surface area contributed by atoms with Crippen molar-refractivity contribution in [2.24, 2.45) is 11.7 Å². The van der Waals surface area contributed by atoms with E-state index in [1.807, 2.05) is 17.8 Å². The summed E-state index contributed by atoms with van der Waals surface area (Å²) in [5.74, 6) is 0.347. The fourth-order valence-corrected chi connectivity index (χ4v) is 1.91. The first-order chi connectivity index (χ1) is 8.97. The number of rotatable bonds is 8. The van der Waals surface area contributed by atoms with Gasteiger partial charge in [0.1, 0.15) is 0 Å². The van der Waals surface area contributed by atoms with Gasteiger partial charge in [0.05, 0.1) is 11.5 Å². The molecule has 0 bridgehead atoms. The summed E-state index contributed by atoms with van der Waals surface area (Å²) in [4.78, 5) is 2.27. The van der Waals surface area contributed by atoms with Crippen LogP contribution in [-0.2, 0) is 6.54 Å². The number of aromatic nitrogens is 2. The van der Waals surface area contributed by atoms with Crippen molar-refractivity contribution in [3.8, 4) is 0 Å². The molecule has 1 aromatic heterocycles. The molecule has 0 amide bonds. The van der Waals surface area contributed by atoms with Gasteiger partial charge < -0.3 is 5.73 Å². The molecule has 108 valence electrons. The predicted octanol–water partition coefficient (Wildman–Crippen LogP) is 2.25. The van der Waals surface area contributed by atoms with Crippen LogP contribution in [0.5, 0.6) is 0 Å². The van der Waals surface area contributed by atoms with Crippen molar-refractivity contribution < 1.29 is 0 Å². The van der Waals surface area contributed by atoms with Crippen LogP contribution in [-0.4, -0.2) is 33.6 Å². The van der Waals surface area contributed by atoms with Gasteiger partial charge in [-0.1, -0.05) is 20.8 Å². The van der Waals surface area contributed by atoms with Crippen LogP contribution in [0.25, 0.3) is 0 Å². The Bertz CT molecular complexity index is 398. The van der Waals surface area contributed by atoms with Gasteiger partial charge in [-0.3, -0.25) is 15.0 Å². The molecule has 0 fully saturated rings. The maximum Gasteiger partial charge on any atom is 0.0947 e. The molecule has 0 saturated heterocycles. The molecule has 0 aliphatic rings. The Morgan fingerprint density at radius 3 is 2.68 bits per heavy atom. The van der Waals surface area contributed by atoms with Gasteiger partial charge >= 0.3 is 0 Å². The highest BCUT2D eigenvalue weighted by Crippen LogP contribution is 2.11. The van der Waals surface area contributed by atoms with E-state index in [0.29, 0.717) is 6.04 Å². The molecule has 5 heteroatoms. The Balaban J connectivity index is 2.60. The zero-order valence-electron chi connectivity index (χ0n) is 12.6. The summed E-state index contributed by atoms with van der Waals surface area (Å²) in [7, 11) is 0. The molecule has 2 unspecified atom stereocenters. The topological polar surface area (TPSA) is 70.9 Å². The van der Waals surface area contributed by atoms with Crippen molar-refractivity contribution in [1.29, 1.82) is 5.41 Å². The van der Waals surface area contributed by atoms with Crippen LogP contribution >= 0.6 is 0 Å². The highest BCUT2D eigenvalue weighted by atomic mass is 15.3. The van der Waals surface area contributed by atoms with Crippen LogP contribution in [0.15, 0.2) is 12.3 Å². The van der Waals surface area contributed by atoms with E-state index >= 15 is 0 Å². The van der Waals surface area contributed by atoms with E-state index in [4.69, 9.17) is 11.1 Å². The molecule has 0 aromatic carbocycles. The van der Waals surface area contributed by atoms with E-state index in [1.165, 1.54) is 0 Å². The molecule has 0 aliphatic carbocycles. The SMILES string of the molecule is CCC(C)n1ccc(CN(CC)CC(C)C(=N)N)n1. The predicted molar refractivity (Wildman–Crippen MR) is 79.3 cm³/mol. The highest BCUT2D eigenvalue weighted by Gasteiger charge is 2.13. The van der Waals surface area contributed by atoms with Crippen molar-refractivity contribution in [2.75, 3.05) is 13.1 Å². The summed E-state index contributed by atoms with van der Waals surface area (Å²) in [6, 6.07) is 2.52. The van der Waals surface area contributed by atoms with Crippen LogP contribution < -0.4 is 5.73 Å². The van der Waals surface area contributed by atoms with Gasteiger partial charge in [0.15, 0.2) is 0 Å². The largest absolute Gasteiger partial charge is 0.387 e. The number of nitrogens with two attached hydrogens (primary N) is 1. The van der Waals surface area contributed by atoms with Gasteiger partial charge in [-0.15, -0.1) is 0 Å². The fraction of sp³-hybridized carbons (Fsp3) is 0.714. The Morgan fingerprint density at radius 1 is 1.47 bits per heavy atom. The number of hydrogen-bond acceptors (Lipinski definition) is 3. The highest BCUT2D eigenvalue weighted by molar-refractivity contribution is 5.79. The Kier molecular flexibility index (Phi) is 6.02. The maximum atomic E-state index is 7.47. The molecule has 0 saturated carbocycles. The fourth-order valence-electron chi connectivity index (χ4n) is 1.91. The second-order valence-electron chi connectivity index (χ2n) is 5.23. The summed E-state index contributed by atoms with van der Waals surface area (Å²) in [6.07, 6.45) is 3.13. The van der Waals surface area contributed by atoms with Crippen LogP contribution in [0.4, 0.5) is 0 Å². The summed E-state index contributed by atoms with van der Waals surface area (Å²) < 4.78 is 2.03. The molecular formula is C14H27N5. The number of hydrogen-bond donors (Lipinski definition) is 2. The number of nitrogens with zero attached hydrogens (tertiary/aromatic N) is 3. The van der Waals surface area contributed by atoms with Gasteiger partial charge in [-0.25, -0.2) is 0 Å². The van der Waals surface area contributed by atoms with E-state index in [1.54, 1.807) is 0 Å². The molecule has 0 spiro atoms. The van der Waals surface area contributed by atoms with Crippen LogP contribution in [0.1, 0.15) is 45.9 Å². The first kappa shape index (κ1) is 15.7. The first-order valence-electron chi connectivity index (χ1n) is 7.08. The minimum absolute atomic E-state index is 0.0941.